The molecule has 1 heterocycles. The minimum atomic E-state index is -0.0798. The molecule has 1 fully saturated rings. The summed E-state index contributed by atoms with van der Waals surface area (Å²) in [7, 11) is 1.57. The van der Waals surface area contributed by atoms with Crippen molar-refractivity contribution in [3.63, 3.8) is 0 Å². The fourth-order valence-corrected chi connectivity index (χ4v) is 4.04. The van der Waals surface area contributed by atoms with E-state index in [0.29, 0.717) is 28.5 Å². The Kier molecular flexibility index (Phi) is 5.53. The van der Waals surface area contributed by atoms with Crippen LogP contribution in [0.1, 0.15) is 45.4 Å². The lowest BCUT2D eigenvalue weighted by Gasteiger charge is -2.20. The van der Waals surface area contributed by atoms with Crippen molar-refractivity contribution in [2.24, 2.45) is 5.92 Å². The molecule has 0 spiro atoms. The van der Waals surface area contributed by atoms with Crippen LogP contribution in [0.2, 0.25) is 0 Å². The molecule has 1 aromatic carbocycles. The van der Waals surface area contributed by atoms with Crippen LogP contribution in [0.15, 0.2) is 12.1 Å². The topological polar surface area (TPSA) is 80.3 Å². The summed E-state index contributed by atoms with van der Waals surface area (Å²) in [6.45, 7) is 1.79. The highest BCUT2D eigenvalue weighted by atomic mass is 32.1. The van der Waals surface area contributed by atoms with Gasteiger partial charge in [-0.15, -0.1) is 0 Å². The van der Waals surface area contributed by atoms with Gasteiger partial charge in [0.1, 0.15) is 11.3 Å². The van der Waals surface area contributed by atoms with Gasteiger partial charge in [0.25, 0.3) is 0 Å². The molecular weight excluding hydrogens is 338 g/mol. The molecule has 2 amide bonds. The molecule has 0 radical (unpaired) electrons. The summed E-state index contributed by atoms with van der Waals surface area (Å²) in [4.78, 5) is 28.5. The zero-order valence-corrected chi connectivity index (χ0v) is 15.4. The number of nitrogens with zero attached hydrogens (tertiary/aromatic N) is 1. The number of rotatable bonds is 5. The molecule has 1 saturated carbocycles. The van der Waals surface area contributed by atoms with E-state index in [-0.39, 0.29) is 17.7 Å². The van der Waals surface area contributed by atoms with Crippen molar-refractivity contribution in [1.82, 2.24) is 4.98 Å². The Morgan fingerprint density at radius 1 is 1.24 bits per heavy atom. The Morgan fingerprint density at radius 2 is 2.00 bits per heavy atom. The molecule has 1 aliphatic carbocycles. The zero-order chi connectivity index (χ0) is 17.8. The predicted octanol–water partition coefficient (Wildman–Crippen LogP) is 4.17. The number of fused-ring (bicyclic) bond motifs is 1. The molecule has 3 rings (SSSR count). The maximum atomic E-state index is 12.5. The van der Waals surface area contributed by atoms with E-state index in [4.69, 9.17) is 4.74 Å². The first-order chi connectivity index (χ1) is 12.1. The van der Waals surface area contributed by atoms with Gasteiger partial charge < -0.3 is 15.4 Å². The molecule has 134 valence electrons. The van der Waals surface area contributed by atoms with Crippen molar-refractivity contribution in [1.29, 1.82) is 0 Å². The normalized spacial score (nSPS) is 15.1. The van der Waals surface area contributed by atoms with Crippen molar-refractivity contribution in [2.45, 2.75) is 45.4 Å². The van der Waals surface area contributed by atoms with E-state index in [1.165, 1.54) is 17.8 Å². The molecule has 0 saturated heterocycles. The van der Waals surface area contributed by atoms with E-state index in [1.807, 2.05) is 6.07 Å². The molecule has 0 unspecified atom stereocenters. The van der Waals surface area contributed by atoms with Crippen molar-refractivity contribution in [3.8, 4) is 5.75 Å². The first-order valence-electron chi connectivity index (χ1n) is 8.70. The van der Waals surface area contributed by atoms with E-state index < -0.39 is 0 Å². The average molecular weight is 361 g/mol. The van der Waals surface area contributed by atoms with Crippen LogP contribution in [-0.4, -0.2) is 23.9 Å². The van der Waals surface area contributed by atoms with Crippen LogP contribution < -0.4 is 15.4 Å². The lowest BCUT2D eigenvalue weighted by molar-refractivity contribution is -0.120. The first-order valence-corrected chi connectivity index (χ1v) is 9.51. The summed E-state index contributed by atoms with van der Waals surface area (Å²) >= 11 is 1.37. The number of benzene rings is 1. The Labute approximate surface area is 151 Å². The van der Waals surface area contributed by atoms with E-state index in [9.17, 15) is 9.59 Å². The number of hydrogen-bond acceptors (Lipinski definition) is 5. The number of anilines is 2. The quantitative estimate of drug-likeness (QED) is 0.837. The third-order valence-electron chi connectivity index (χ3n) is 4.49. The Morgan fingerprint density at radius 3 is 2.68 bits per heavy atom. The molecule has 0 atom stereocenters. The Bertz CT molecular complexity index is 781. The van der Waals surface area contributed by atoms with Gasteiger partial charge in [-0.2, -0.15) is 0 Å². The molecule has 2 N–H and O–H groups in total. The third kappa shape index (κ3) is 4.10. The largest absolute Gasteiger partial charge is 0.494 e. The summed E-state index contributed by atoms with van der Waals surface area (Å²) in [5, 5.41) is 6.32. The zero-order valence-electron chi connectivity index (χ0n) is 14.6. The van der Waals surface area contributed by atoms with Gasteiger partial charge >= 0.3 is 0 Å². The first kappa shape index (κ1) is 17.7. The number of amides is 2. The molecule has 1 aromatic heterocycles. The third-order valence-corrected chi connectivity index (χ3v) is 5.41. The van der Waals surface area contributed by atoms with Gasteiger partial charge in [0.2, 0.25) is 11.8 Å². The fourth-order valence-electron chi connectivity index (χ4n) is 3.10. The van der Waals surface area contributed by atoms with Crippen LogP contribution in [0.3, 0.4) is 0 Å². The number of aromatic nitrogens is 1. The van der Waals surface area contributed by atoms with Crippen LogP contribution in [-0.2, 0) is 9.59 Å². The van der Waals surface area contributed by atoms with Crippen molar-refractivity contribution in [2.75, 3.05) is 17.7 Å². The lowest BCUT2D eigenvalue weighted by atomic mass is 9.88. The molecule has 0 aliphatic heterocycles. The number of hydrogen-bond donors (Lipinski definition) is 2. The predicted molar refractivity (Wildman–Crippen MR) is 100 cm³/mol. The average Bonchev–Trinajstić information content (AvgIpc) is 3.03. The van der Waals surface area contributed by atoms with Crippen molar-refractivity contribution in [3.05, 3.63) is 12.1 Å². The van der Waals surface area contributed by atoms with Crippen LogP contribution >= 0.6 is 11.3 Å². The molecule has 1 aliphatic rings. The lowest BCUT2D eigenvalue weighted by Crippen LogP contribution is -2.24. The molecule has 2 aromatic rings. The molecule has 7 heteroatoms. The summed E-state index contributed by atoms with van der Waals surface area (Å²) < 4.78 is 6.29. The summed E-state index contributed by atoms with van der Waals surface area (Å²) in [6.07, 6.45) is 5.77. The van der Waals surface area contributed by atoms with E-state index in [2.05, 4.69) is 15.6 Å². The second kappa shape index (κ2) is 7.82. The van der Waals surface area contributed by atoms with Crippen LogP contribution in [0.25, 0.3) is 10.2 Å². The molecule has 0 bridgehead atoms. The minimum Gasteiger partial charge on any atom is -0.494 e. The van der Waals surface area contributed by atoms with Gasteiger partial charge in [-0.3, -0.25) is 9.59 Å². The number of thiazole rings is 1. The SMILES string of the molecule is CCC(=O)Nc1nc2c(OC)cc(NC(=O)C3CCCCC3)cc2s1. The molecule has 25 heavy (non-hydrogen) atoms. The second-order valence-corrected chi connectivity index (χ2v) is 7.30. The number of carbonyl (C=O) groups excluding carboxylic acids is 2. The Hall–Kier alpha value is -2.15. The molecular formula is C18H23N3O3S. The number of nitrogens with one attached hydrogen (secondary N) is 2. The fraction of sp³-hybridized carbons (Fsp3) is 0.500. The van der Waals surface area contributed by atoms with Crippen molar-refractivity contribution >= 4 is 44.2 Å². The maximum Gasteiger partial charge on any atom is 0.227 e. The second-order valence-electron chi connectivity index (χ2n) is 6.27. The summed E-state index contributed by atoms with van der Waals surface area (Å²) in [6, 6.07) is 3.67. The van der Waals surface area contributed by atoms with Gasteiger partial charge in [0, 0.05) is 24.1 Å². The van der Waals surface area contributed by atoms with Crippen LogP contribution in [0.5, 0.6) is 5.75 Å². The van der Waals surface area contributed by atoms with E-state index >= 15 is 0 Å². The maximum absolute atomic E-state index is 12.5. The standard InChI is InChI=1S/C18H23N3O3S/c1-3-15(22)20-18-21-16-13(24-2)9-12(10-14(16)25-18)19-17(23)11-7-5-4-6-8-11/h9-11H,3-8H2,1-2H3,(H,19,23)(H,20,21,22). The molecule has 6 nitrogen and oxygen atoms in total. The summed E-state index contributed by atoms with van der Waals surface area (Å²) in [5.41, 5.74) is 1.39. The minimum absolute atomic E-state index is 0.0742. The highest BCUT2D eigenvalue weighted by molar-refractivity contribution is 7.22. The van der Waals surface area contributed by atoms with Crippen LogP contribution in [0, 0.1) is 5.92 Å². The number of carbonyl (C=O) groups is 2. The van der Waals surface area contributed by atoms with Crippen LogP contribution in [0.4, 0.5) is 10.8 Å². The van der Waals surface area contributed by atoms with Gasteiger partial charge in [0.15, 0.2) is 5.13 Å². The van der Waals surface area contributed by atoms with Crippen molar-refractivity contribution < 1.29 is 14.3 Å². The van der Waals surface area contributed by atoms with Gasteiger partial charge in [-0.05, 0) is 18.9 Å². The number of methoxy groups -OCH3 is 1. The highest BCUT2D eigenvalue weighted by Gasteiger charge is 2.22. The highest BCUT2D eigenvalue weighted by Crippen LogP contribution is 2.36. The Balaban J connectivity index is 1.83. The number of ether oxygens (including phenoxy) is 1. The monoisotopic (exact) mass is 361 g/mol. The summed E-state index contributed by atoms with van der Waals surface area (Å²) in [5.74, 6) is 0.676. The van der Waals surface area contributed by atoms with E-state index in [1.54, 1.807) is 20.1 Å². The van der Waals surface area contributed by atoms with Gasteiger partial charge in [-0.1, -0.05) is 37.5 Å². The van der Waals surface area contributed by atoms with E-state index in [0.717, 1.165) is 30.4 Å². The van der Waals surface area contributed by atoms with Gasteiger partial charge in [-0.25, -0.2) is 4.98 Å². The van der Waals surface area contributed by atoms with Gasteiger partial charge in [0.05, 0.1) is 11.8 Å². The smallest absolute Gasteiger partial charge is 0.227 e.